The number of rotatable bonds is 5. The van der Waals surface area contributed by atoms with Gasteiger partial charge >= 0.3 is 0 Å². The lowest BCUT2D eigenvalue weighted by Gasteiger charge is -2.41. The van der Waals surface area contributed by atoms with Gasteiger partial charge in [0.05, 0.1) is 24.7 Å². The molecule has 3 atom stereocenters. The Labute approximate surface area is 139 Å². The SMILES string of the molecule is O=C(N[C@H]1C[C@@H](O)[C@@H]1n1cccn1)c1cc(CN2CCCC2)on1. The summed E-state index contributed by atoms with van der Waals surface area (Å²) in [7, 11) is 0. The monoisotopic (exact) mass is 331 g/mol. The van der Waals surface area contributed by atoms with Crippen LogP contribution in [-0.2, 0) is 6.54 Å². The first kappa shape index (κ1) is 15.3. The minimum absolute atomic E-state index is 0.161. The quantitative estimate of drug-likeness (QED) is 0.831. The zero-order chi connectivity index (χ0) is 16.5. The van der Waals surface area contributed by atoms with E-state index in [1.165, 1.54) is 12.8 Å². The van der Waals surface area contributed by atoms with E-state index < -0.39 is 6.10 Å². The highest BCUT2D eigenvalue weighted by atomic mass is 16.5. The molecule has 2 fully saturated rings. The second-order valence-corrected chi connectivity index (χ2v) is 6.52. The lowest BCUT2D eigenvalue weighted by Crippen LogP contribution is -2.56. The fourth-order valence-corrected chi connectivity index (χ4v) is 3.47. The van der Waals surface area contributed by atoms with E-state index in [0.29, 0.717) is 18.7 Å². The first-order chi connectivity index (χ1) is 11.7. The van der Waals surface area contributed by atoms with Crippen molar-refractivity contribution >= 4 is 5.91 Å². The van der Waals surface area contributed by atoms with Crippen LogP contribution in [0.3, 0.4) is 0 Å². The zero-order valence-electron chi connectivity index (χ0n) is 13.3. The van der Waals surface area contributed by atoms with Crippen LogP contribution in [-0.4, -0.2) is 56.1 Å². The van der Waals surface area contributed by atoms with Gasteiger partial charge in [-0.25, -0.2) is 0 Å². The van der Waals surface area contributed by atoms with Crippen molar-refractivity contribution < 1.29 is 14.4 Å². The topological polar surface area (TPSA) is 96.4 Å². The number of aliphatic hydroxyl groups is 1. The minimum Gasteiger partial charge on any atom is -0.391 e. The lowest BCUT2D eigenvalue weighted by molar-refractivity contribution is -0.00599. The van der Waals surface area contributed by atoms with Gasteiger partial charge in [0.1, 0.15) is 0 Å². The van der Waals surface area contributed by atoms with E-state index in [2.05, 4.69) is 20.5 Å². The number of likely N-dealkylation sites (tertiary alicyclic amines) is 1. The van der Waals surface area contributed by atoms with Gasteiger partial charge in [0.25, 0.3) is 5.91 Å². The van der Waals surface area contributed by atoms with Crippen molar-refractivity contribution in [3.05, 3.63) is 36.0 Å². The van der Waals surface area contributed by atoms with E-state index in [4.69, 9.17) is 4.52 Å². The molecule has 128 valence electrons. The standard InChI is InChI=1S/C16H21N5O3/c22-14-9-12(15(14)21-7-3-4-17-21)18-16(23)13-8-11(24-19-13)10-20-5-1-2-6-20/h3-4,7-8,12,14-15,22H,1-2,5-6,9-10H2,(H,18,23)/t12-,14+,15+/m0/s1. The van der Waals surface area contributed by atoms with Crippen LogP contribution in [0.2, 0.25) is 0 Å². The zero-order valence-corrected chi connectivity index (χ0v) is 13.3. The summed E-state index contributed by atoms with van der Waals surface area (Å²) in [6, 6.07) is 3.10. The molecule has 2 N–H and O–H groups in total. The van der Waals surface area contributed by atoms with Crippen molar-refractivity contribution in [3.63, 3.8) is 0 Å². The second kappa shape index (κ2) is 6.37. The minimum atomic E-state index is -0.502. The van der Waals surface area contributed by atoms with Crippen LogP contribution in [0.4, 0.5) is 0 Å². The smallest absolute Gasteiger partial charge is 0.273 e. The first-order valence-corrected chi connectivity index (χ1v) is 8.37. The summed E-state index contributed by atoms with van der Waals surface area (Å²) in [5.74, 6) is 0.430. The van der Waals surface area contributed by atoms with Gasteiger partial charge in [0.2, 0.25) is 0 Å². The third kappa shape index (κ3) is 2.94. The van der Waals surface area contributed by atoms with E-state index in [1.807, 2.05) is 0 Å². The number of aromatic nitrogens is 3. The molecule has 3 heterocycles. The fraction of sp³-hybridized carbons (Fsp3) is 0.562. The van der Waals surface area contributed by atoms with Gasteiger partial charge < -0.3 is 14.9 Å². The molecule has 0 aromatic carbocycles. The predicted molar refractivity (Wildman–Crippen MR) is 84.2 cm³/mol. The van der Waals surface area contributed by atoms with Crippen LogP contribution in [0.15, 0.2) is 29.0 Å². The van der Waals surface area contributed by atoms with Gasteiger partial charge in [0, 0.05) is 18.5 Å². The molecule has 8 nitrogen and oxygen atoms in total. The van der Waals surface area contributed by atoms with E-state index in [9.17, 15) is 9.90 Å². The molecule has 2 aromatic rings. The van der Waals surface area contributed by atoms with Crippen LogP contribution in [0, 0.1) is 0 Å². The van der Waals surface area contributed by atoms with Crippen LogP contribution in [0.5, 0.6) is 0 Å². The summed E-state index contributed by atoms with van der Waals surface area (Å²) >= 11 is 0. The molecule has 1 aliphatic heterocycles. The highest BCUT2D eigenvalue weighted by molar-refractivity contribution is 5.92. The van der Waals surface area contributed by atoms with Gasteiger partial charge in [-0.05, 0) is 38.4 Å². The Morgan fingerprint density at radius 1 is 1.42 bits per heavy atom. The Morgan fingerprint density at radius 3 is 2.96 bits per heavy atom. The Bertz CT molecular complexity index is 692. The summed E-state index contributed by atoms with van der Waals surface area (Å²) in [6.07, 6.45) is 5.87. The molecule has 1 amide bonds. The highest BCUT2D eigenvalue weighted by Gasteiger charge is 2.43. The van der Waals surface area contributed by atoms with Crippen molar-refractivity contribution in [3.8, 4) is 0 Å². The molecule has 1 saturated carbocycles. The van der Waals surface area contributed by atoms with E-state index in [1.54, 1.807) is 29.2 Å². The van der Waals surface area contributed by atoms with Crippen molar-refractivity contribution in [1.29, 1.82) is 0 Å². The third-order valence-corrected chi connectivity index (χ3v) is 4.82. The highest BCUT2D eigenvalue weighted by Crippen LogP contribution is 2.32. The summed E-state index contributed by atoms with van der Waals surface area (Å²) in [6.45, 7) is 2.82. The molecule has 0 unspecified atom stereocenters. The average Bonchev–Trinajstić information content (AvgIpc) is 3.29. The molecular weight excluding hydrogens is 310 g/mol. The Balaban J connectivity index is 1.37. The van der Waals surface area contributed by atoms with Crippen molar-refractivity contribution in [2.24, 2.45) is 0 Å². The van der Waals surface area contributed by atoms with Gasteiger partial charge in [-0.2, -0.15) is 5.10 Å². The first-order valence-electron chi connectivity index (χ1n) is 8.37. The molecule has 8 heteroatoms. The van der Waals surface area contributed by atoms with Crippen LogP contribution in [0.1, 0.15) is 41.6 Å². The molecule has 0 radical (unpaired) electrons. The molecule has 1 saturated heterocycles. The largest absolute Gasteiger partial charge is 0.391 e. The second-order valence-electron chi connectivity index (χ2n) is 6.52. The number of hydrogen-bond donors (Lipinski definition) is 2. The van der Waals surface area contributed by atoms with Gasteiger partial charge in [-0.3, -0.25) is 14.4 Å². The maximum absolute atomic E-state index is 12.4. The third-order valence-electron chi connectivity index (χ3n) is 4.82. The number of nitrogens with zero attached hydrogens (tertiary/aromatic N) is 4. The van der Waals surface area contributed by atoms with Crippen molar-refractivity contribution in [2.45, 2.75) is 44.0 Å². The molecule has 24 heavy (non-hydrogen) atoms. The predicted octanol–water partition coefficient (Wildman–Crippen LogP) is 0.571. The number of hydrogen-bond acceptors (Lipinski definition) is 6. The molecular formula is C16H21N5O3. The Morgan fingerprint density at radius 2 is 2.25 bits per heavy atom. The molecule has 0 spiro atoms. The normalized spacial score (nSPS) is 27.1. The van der Waals surface area contributed by atoms with Gasteiger partial charge in [-0.15, -0.1) is 0 Å². The number of aliphatic hydroxyl groups excluding tert-OH is 1. The maximum atomic E-state index is 12.4. The van der Waals surface area contributed by atoms with E-state index in [0.717, 1.165) is 13.1 Å². The van der Waals surface area contributed by atoms with Crippen molar-refractivity contribution in [2.75, 3.05) is 13.1 Å². The van der Waals surface area contributed by atoms with Crippen LogP contribution < -0.4 is 5.32 Å². The summed E-state index contributed by atoms with van der Waals surface area (Å²) in [5, 5.41) is 20.9. The van der Waals surface area contributed by atoms with Crippen LogP contribution in [0.25, 0.3) is 0 Å². The summed E-state index contributed by atoms with van der Waals surface area (Å²) < 4.78 is 6.96. The van der Waals surface area contributed by atoms with E-state index in [-0.39, 0.29) is 23.7 Å². The van der Waals surface area contributed by atoms with Gasteiger partial charge in [-0.1, -0.05) is 5.16 Å². The van der Waals surface area contributed by atoms with Crippen LogP contribution >= 0.6 is 0 Å². The summed E-state index contributed by atoms with van der Waals surface area (Å²) in [4.78, 5) is 14.7. The number of carbonyl (C=O) groups is 1. The fourth-order valence-electron chi connectivity index (χ4n) is 3.47. The maximum Gasteiger partial charge on any atom is 0.273 e. The number of carbonyl (C=O) groups excluding carboxylic acids is 1. The van der Waals surface area contributed by atoms with Crippen molar-refractivity contribution in [1.82, 2.24) is 25.2 Å². The molecule has 4 rings (SSSR count). The number of nitrogens with one attached hydrogen (secondary N) is 1. The average molecular weight is 331 g/mol. The molecule has 2 aliphatic rings. The van der Waals surface area contributed by atoms with E-state index >= 15 is 0 Å². The Kier molecular flexibility index (Phi) is 4.07. The van der Waals surface area contributed by atoms with Gasteiger partial charge in [0.15, 0.2) is 11.5 Å². The Hall–Kier alpha value is -2.19. The molecule has 1 aliphatic carbocycles. The number of amides is 1. The summed E-state index contributed by atoms with van der Waals surface area (Å²) in [5.41, 5.74) is 0.282. The molecule has 2 aromatic heterocycles. The lowest BCUT2D eigenvalue weighted by atomic mass is 9.83. The molecule has 0 bridgehead atoms.